The number of esters is 1. The maximum Gasteiger partial charge on any atom is 0.330 e. The first kappa shape index (κ1) is 22.2. The zero-order valence-electron chi connectivity index (χ0n) is 17.0. The minimum Gasteiger partial charge on any atom is -0.493 e. The smallest absolute Gasteiger partial charge is 0.330 e. The third-order valence-corrected chi connectivity index (χ3v) is 5.47. The monoisotopic (exact) mass is 393 g/mol. The Morgan fingerprint density at radius 1 is 1.29 bits per heavy atom. The standard InChI is InChI=1S/C21H31NO6/c1-13(2)16-7-5-14(3)10-21(16,26)20(25)22-11-19(24)28-17-8-6-15(12-23)9-18(17)27-4/h6,8-9,13-14,16,23,26H,5,7,10-12H2,1-4H3,(H,22,25)/t14-,16+,21+/m1/s1. The summed E-state index contributed by atoms with van der Waals surface area (Å²) in [5.74, 6) is -0.438. The molecule has 28 heavy (non-hydrogen) atoms. The number of ether oxygens (including phenoxy) is 2. The number of rotatable bonds is 7. The summed E-state index contributed by atoms with van der Waals surface area (Å²) in [5, 5.41) is 22.8. The lowest BCUT2D eigenvalue weighted by Gasteiger charge is -2.43. The third kappa shape index (κ3) is 5.02. The van der Waals surface area contributed by atoms with Crippen molar-refractivity contribution in [1.29, 1.82) is 0 Å². The fraction of sp³-hybridized carbons (Fsp3) is 0.619. The number of benzene rings is 1. The summed E-state index contributed by atoms with van der Waals surface area (Å²) in [4.78, 5) is 24.9. The summed E-state index contributed by atoms with van der Waals surface area (Å²) in [5.41, 5.74) is -0.856. The predicted octanol–water partition coefficient (Wildman–Crippen LogP) is 2.03. The third-order valence-electron chi connectivity index (χ3n) is 5.47. The zero-order chi connectivity index (χ0) is 20.9. The second kappa shape index (κ2) is 9.39. The first-order valence-corrected chi connectivity index (χ1v) is 9.70. The quantitative estimate of drug-likeness (QED) is 0.484. The average Bonchev–Trinajstić information content (AvgIpc) is 2.65. The highest BCUT2D eigenvalue weighted by molar-refractivity contribution is 5.89. The fourth-order valence-corrected chi connectivity index (χ4v) is 3.99. The number of hydrogen-bond acceptors (Lipinski definition) is 6. The molecule has 0 heterocycles. The van der Waals surface area contributed by atoms with E-state index in [0.29, 0.717) is 17.7 Å². The van der Waals surface area contributed by atoms with Gasteiger partial charge in [-0.3, -0.25) is 4.79 Å². The molecule has 3 N–H and O–H groups in total. The van der Waals surface area contributed by atoms with E-state index < -0.39 is 17.5 Å². The average molecular weight is 393 g/mol. The number of hydrogen-bond donors (Lipinski definition) is 3. The van der Waals surface area contributed by atoms with Gasteiger partial charge in [0.15, 0.2) is 11.5 Å². The maximum absolute atomic E-state index is 12.7. The largest absolute Gasteiger partial charge is 0.493 e. The van der Waals surface area contributed by atoms with Crippen LogP contribution in [-0.4, -0.2) is 41.3 Å². The van der Waals surface area contributed by atoms with Crippen LogP contribution in [0.5, 0.6) is 11.5 Å². The van der Waals surface area contributed by atoms with Gasteiger partial charge in [-0.15, -0.1) is 0 Å². The summed E-state index contributed by atoms with van der Waals surface area (Å²) in [6.07, 6.45) is 2.14. The van der Waals surface area contributed by atoms with Crippen molar-refractivity contribution in [3.8, 4) is 11.5 Å². The second-order valence-electron chi connectivity index (χ2n) is 7.96. The molecule has 0 saturated heterocycles. The second-order valence-corrected chi connectivity index (χ2v) is 7.96. The molecule has 1 aromatic carbocycles. The van der Waals surface area contributed by atoms with E-state index in [1.54, 1.807) is 12.1 Å². The molecular weight excluding hydrogens is 362 g/mol. The summed E-state index contributed by atoms with van der Waals surface area (Å²) < 4.78 is 10.4. The lowest BCUT2D eigenvalue weighted by atomic mass is 9.66. The minimum absolute atomic E-state index is 0.147. The molecule has 2 rings (SSSR count). The summed E-state index contributed by atoms with van der Waals surface area (Å²) in [6.45, 7) is 5.50. The molecule has 0 unspecified atom stereocenters. The molecule has 0 radical (unpaired) electrons. The van der Waals surface area contributed by atoms with Crippen molar-refractivity contribution in [3.63, 3.8) is 0 Å². The highest BCUT2D eigenvalue weighted by Crippen LogP contribution is 2.41. The van der Waals surface area contributed by atoms with Crippen molar-refractivity contribution < 1.29 is 29.3 Å². The molecule has 7 heteroatoms. The van der Waals surface area contributed by atoms with Crippen LogP contribution in [0.3, 0.4) is 0 Å². The molecule has 0 bridgehead atoms. The number of carbonyl (C=O) groups is 2. The topological polar surface area (TPSA) is 105 Å². The number of nitrogens with one attached hydrogen (secondary N) is 1. The van der Waals surface area contributed by atoms with E-state index in [0.717, 1.165) is 12.8 Å². The number of amides is 1. The molecule has 1 aromatic rings. The summed E-state index contributed by atoms with van der Waals surface area (Å²) in [7, 11) is 1.43. The highest BCUT2D eigenvalue weighted by atomic mass is 16.6. The van der Waals surface area contributed by atoms with Crippen molar-refractivity contribution in [2.24, 2.45) is 17.8 Å². The molecular formula is C21H31NO6. The van der Waals surface area contributed by atoms with E-state index in [4.69, 9.17) is 14.6 Å². The summed E-state index contributed by atoms with van der Waals surface area (Å²) >= 11 is 0. The van der Waals surface area contributed by atoms with Gasteiger partial charge in [-0.25, -0.2) is 4.79 Å². The van der Waals surface area contributed by atoms with Crippen molar-refractivity contribution in [3.05, 3.63) is 23.8 Å². The Morgan fingerprint density at radius 3 is 2.61 bits per heavy atom. The van der Waals surface area contributed by atoms with Crippen LogP contribution in [0.4, 0.5) is 0 Å². The summed E-state index contributed by atoms with van der Waals surface area (Å²) in [6, 6.07) is 4.71. The van der Waals surface area contributed by atoms with Gasteiger partial charge in [-0.05, 0) is 48.3 Å². The number of aliphatic hydroxyl groups excluding tert-OH is 1. The number of carbonyl (C=O) groups excluding carboxylic acids is 2. The van der Waals surface area contributed by atoms with Crippen molar-refractivity contribution >= 4 is 11.9 Å². The van der Waals surface area contributed by atoms with Crippen LogP contribution in [-0.2, 0) is 16.2 Å². The Balaban J connectivity index is 2.00. The molecule has 1 fully saturated rings. The maximum atomic E-state index is 12.7. The predicted molar refractivity (Wildman–Crippen MR) is 104 cm³/mol. The molecule has 1 amide bonds. The van der Waals surface area contributed by atoms with Crippen LogP contribution < -0.4 is 14.8 Å². The molecule has 1 saturated carbocycles. The van der Waals surface area contributed by atoms with Crippen LogP contribution in [0.2, 0.25) is 0 Å². The van der Waals surface area contributed by atoms with Gasteiger partial charge in [0.25, 0.3) is 5.91 Å². The van der Waals surface area contributed by atoms with E-state index in [1.807, 2.05) is 20.8 Å². The van der Waals surface area contributed by atoms with E-state index in [-0.39, 0.29) is 36.7 Å². The molecule has 3 atom stereocenters. The van der Waals surface area contributed by atoms with E-state index >= 15 is 0 Å². The fourth-order valence-electron chi connectivity index (χ4n) is 3.99. The normalized spacial score (nSPS) is 24.7. The highest BCUT2D eigenvalue weighted by Gasteiger charge is 2.48. The van der Waals surface area contributed by atoms with Gasteiger partial charge < -0.3 is 25.0 Å². The lowest BCUT2D eigenvalue weighted by Crippen LogP contribution is -2.57. The first-order chi connectivity index (χ1) is 13.2. The van der Waals surface area contributed by atoms with E-state index in [2.05, 4.69) is 5.32 Å². The Labute approximate surface area is 166 Å². The zero-order valence-corrected chi connectivity index (χ0v) is 17.0. The van der Waals surface area contributed by atoms with Gasteiger partial charge >= 0.3 is 5.97 Å². The molecule has 0 spiro atoms. The van der Waals surface area contributed by atoms with Gasteiger partial charge in [0.1, 0.15) is 12.1 Å². The van der Waals surface area contributed by atoms with Crippen LogP contribution in [0, 0.1) is 17.8 Å². The first-order valence-electron chi connectivity index (χ1n) is 9.70. The van der Waals surface area contributed by atoms with Gasteiger partial charge in [-0.2, -0.15) is 0 Å². The van der Waals surface area contributed by atoms with Crippen molar-refractivity contribution in [2.75, 3.05) is 13.7 Å². The lowest BCUT2D eigenvalue weighted by molar-refractivity contribution is -0.157. The van der Waals surface area contributed by atoms with Crippen molar-refractivity contribution in [1.82, 2.24) is 5.32 Å². The van der Waals surface area contributed by atoms with Gasteiger partial charge in [0.05, 0.1) is 13.7 Å². The number of methoxy groups -OCH3 is 1. The number of aliphatic hydroxyl groups is 2. The molecule has 0 aliphatic heterocycles. The van der Waals surface area contributed by atoms with Crippen LogP contribution in [0.1, 0.15) is 45.6 Å². The Hall–Kier alpha value is -2.12. The molecule has 7 nitrogen and oxygen atoms in total. The Bertz CT molecular complexity index is 704. The van der Waals surface area contributed by atoms with Crippen LogP contribution >= 0.6 is 0 Å². The van der Waals surface area contributed by atoms with E-state index in [9.17, 15) is 14.7 Å². The Morgan fingerprint density at radius 2 is 2.00 bits per heavy atom. The van der Waals surface area contributed by atoms with Crippen LogP contribution in [0.25, 0.3) is 0 Å². The van der Waals surface area contributed by atoms with Crippen LogP contribution in [0.15, 0.2) is 18.2 Å². The van der Waals surface area contributed by atoms with Gasteiger partial charge in [0.2, 0.25) is 0 Å². The molecule has 0 aromatic heterocycles. The SMILES string of the molecule is COc1cc(CO)ccc1OC(=O)CNC(=O)[C@]1(O)C[C@H](C)CC[C@H]1C(C)C. The molecule has 156 valence electrons. The van der Waals surface area contributed by atoms with Gasteiger partial charge in [-0.1, -0.05) is 33.3 Å². The minimum atomic E-state index is -1.48. The van der Waals surface area contributed by atoms with Gasteiger partial charge in [0, 0.05) is 0 Å². The van der Waals surface area contributed by atoms with E-state index in [1.165, 1.54) is 13.2 Å². The molecule has 1 aliphatic rings. The van der Waals surface area contributed by atoms with Crippen molar-refractivity contribution in [2.45, 2.75) is 52.2 Å². The Kier molecular flexibility index (Phi) is 7.43. The molecule has 1 aliphatic carbocycles.